The lowest BCUT2D eigenvalue weighted by molar-refractivity contribution is -0.143. The summed E-state index contributed by atoms with van der Waals surface area (Å²) >= 11 is 1.58. The molecule has 1 rings (SSSR count). The Balaban J connectivity index is 2.44. The number of carbonyl (C=O) groups excluding carboxylic acids is 1. The van der Waals surface area contributed by atoms with Crippen LogP contribution in [0.5, 0.6) is 0 Å². The summed E-state index contributed by atoms with van der Waals surface area (Å²) in [6.07, 6.45) is 3.04. The van der Waals surface area contributed by atoms with Crippen molar-refractivity contribution in [1.82, 2.24) is 5.32 Å². The maximum Gasteiger partial charge on any atom is 0.329 e. The van der Waals surface area contributed by atoms with Gasteiger partial charge in [0.25, 0.3) is 0 Å². The fourth-order valence-corrected chi connectivity index (χ4v) is 1.85. The number of nitrogens with one attached hydrogen (secondary N) is 1. The van der Waals surface area contributed by atoms with Gasteiger partial charge in [0.1, 0.15) is 5.54 Å². The maximum absolute atomic E-state index is 11.5. The highest BCUT2D eigenvalue weighted by molar-refractivity contribution is 7.98. The molecule has 1 aliphatic carbocycles. The van der Waals surface area contributed by atoms with Crippen molar-refractivity contribution in [1.29, 1.82) is 0 Å². The van der Waals surface area contributed by atoms with Crippen LogP contribution < -0.4 is 5.32 Å². The summed E-state index contributed by atoms with van der Waals surface area (Å²) in [6, 6.07) is 0. The van der Waals surface area contributed by atoms with Crippen molar-refractivity contribution in [2.45, 2.75) is 25.3 Å². The van der Waals surface area contributed by atoms with Crippen LogP contribution in [0.15, 0.2) is 0 Å². The van der Waals surface area contributed by atoms with E-state index in [4.69, 9.17) is 5.11 Å². The number of amides is 1. The molecule has 1 amide bonds. The molecule has 0 aromatic rings. The molecular weight excluding hydrogens is 202 g/mol. The van der Waals surface area contributed by atoms with Gasteiger partial charge in [-0.3, -0.25) is 4.79 Å². The molecule has 1 atom stereocenters. The van der Waals surface area contributed by atoms with Gasteiger partial charge in [-0.2, -0.15) is 11.8 Å². The monoisotopic (exact) mass is 217 g/mol. The minimum absolute atomic E-state index is 0.123. The highest BCUT2D eigenvalue weighted by Crippen LogP contribution is 2.35. The molecular formula is C9H15NO3S. The lowest BCUT2D eigenvalue weighted by atomic mass is 10.1. The van der Waals surface area contributed by atoms with Crippen molar-refractivity contribution in [3.8, 4) is 0 Å². The van der Waals surface area contributed by atoms with Crippen LogP contribution >= 0.6 is 11.8 Å². The molecule has 0 spiro atoms. The van der Waals surface area contributed by atoms with Crippen LogP contribution in [-0.2, 0) is 9.59 Å². The number of aliphatic carboxylic acids is 1. The van der Waals surface area contributed by atoms with Crippen LogP contribution in [0.3, 0.4) is 0 Å². The Labute approximate surface area is 87.4 Å². The topological polar surface area (TPSA) is 66.4 Å². The number of hydrogen-bond acceptors (Lipinski definition) is 3. The Morgan fingerprint density at radius 2 is 2.14 bits per heavy atom. The molecule has 1 fully saturated rings. The van der Waals surface area contributed by atoms with Crippen molar-refractivity contribution in [2.24, 2.45) is 5.92 Å². The standard InChI is InChI=1S/C9H15NO3S/c1-6(5-14-2)7(11)10-9(3-4-9)8(12)13/h6H,3-5H2,1-2H3,(H,10,11)(H,12,13). The molecule has 14 heavy (non-hydrogen) atoms. The molecule has 2 N–H and O–H groups in total. The van der Waals surface area contributed by atoms with Crippen LogP contribution in [0.2, 0.25) is 0 Å². The number of hydrogen-bond donors (Lipinski definition) is 2. The average molecular weight is 217 g/mol. The summed E-state index contributed by atoms with van der Waals surface area (Å²) in [5.41, 5.74) is -0.941. The van der Waals surface area contributed by atoms with E-state index in [1.165, 1.54) is 0 Å². The van der Waals surface area contributed by atoms with E-state index >= 15 is 0 Å². The van der Waals surface area contributed by atoms with Crippen molar-refractivity contribution in [3.05, 3.63) is 0 Å². The summed E-state index contributed by atoms with van der Waals surface area (Å²) in [5, 5.41) is 11.4. The van der Waals surface area contributed by atoms with Crippen molar-refractivity contribution in [2.75, 3.05) is 12.0 Å². The van der Waals surface area contributed by atoms with Gasteiger partial charge in [-0.15, -0.1) is 0 Å². The summed E-state index contributed by atoms with van der Waals surface area (Å²) < 4.78 is 0. The van der Waals surface area contributed by atoms with Gasteiger partial charge < -0.3 is 10.4 Å². The van der Waals surface area contributed by atoms with Gasteiger partial charge in [0, 0.05) is 11.7 Å². The quantitative estimate of drug-likeness (QED) is 0.712. The average Bonchev–Trinajstić information content (AvgIpc) is 2.86. The van der Waals surface area contributed by atoms with E-state index in [1.54, 1.807) is 11.8 Å². The van der Waals surface area contributed by atoms with Gasteiger partial charge >= 0.3 is 5.97 Å². The number of carbonyl (C=O) groups is 2. The van der Waals surface area contributed by atoms with Crippen LogP contribution in [-0.4, -0.2) is 34.5 Å². The van der Waals surface area contributed by atoms with E-state index in [0.29, 0.717) is 12.8 Å². The third-order valence-corrected chi connectivity index (χ3v) is 3.22. The zero-order valence-corrected chi connectivity index (χ0v) is 9.19. The van der Waals surface area contributed by atoms with E-state index < -0.39 is 11.5 Å². The molecule has 0 aliphatic heterocycles. The zero-order chi connectivity index (χ0) is 10.8. The highest BCUT2D eigenvalue weighted by Gasteiger charge is 2.51. The molecule has 0 radical (unpaired) electrons. The molecule has 0 saturated heterocycles. The van der Waals surface area contributed by atoms with Gasteiger partial charge in [-0.25, -0.2) is 4.79 Å². The second-order valence-electron chi connectivity index (χ2n) is 3.73. The van der Waals surface area contributed by atoms with E-state index in [0.717, 1.165) is 5.75 Å². The first-order chi connectivity index (χ1) is 6.52. The smallest absolute Gasteiger partial charge is 0.329 e. The fraction of sp³-hybridized carbons (Fsp3) is 0.778. The number of carboxylic acid groups (broad SMARTS) is 1. The lowest BCUT2D eigenvalue weighted by Crippen LogP contribution is -2.45. The first-order valence-electron chi connectivity index (χ1n) is 4.56. The van der Waals surface area contributed by atoms with E-state index in [1.807, 2.05) is 13.2 Å². The minimum atomic E-state index is -0.941. The van der Waals surface area contributed by atoms with Gasteiger partial charge in [0.05, 0.1) is 0 Å². The predicted molar refractivity (Wildman–Crippen MR) is 55.3 cm³/mol. The first-order valence-corrected chi connectivity index (χ1v) is 5.95. The maximum atomic E-state index is 11.5. The van der Waals surface area contributed by atoms with Crippen molar-refractivity contribution in [3.63, 3.8) is 0 Å². The van der Waals surface area contributed by atoms with Crippen LogP contribution in [0.4, 0.5) is 0 Å². The van der Waals surface area contributed by atoms with Gasteiger partial charge in [0.15, 0.2) is 0 Å². The molecule has 1 saturated carbocycles. The molecule has 5 heteroatoms. The Bertz CT molecular complexity index is 250. The van der Waals surface area contributed by atoms with Crippen LogP contribution in [0.25, 0.3) is 0 Å². The predicted octanol–water partition coefficient (Wildman–Crippen LogP) is 0.719. The third kappa shape index (κ3) is 2.41. The first kappa shape index (κ1) is 11.4. The summed E-state index contributed by atoms with van der Waals surface area (Å²) in [7, 11) is 0. The summed E-state index contributed by atoms with van der Waals surface area (Å²) in [6.45, 7) is 1.81. The second kappa shape index (κ2) is 4.21. The van der Waals surface area contributed by atoms with E-state index in [9.17, 15) is 9.59 Å². The summed E-state index contributed by atoms with van der Waals surface area (Å²) in [5.74, 6) is -0.468. The Morgan fingerprint density at radius 1 is 1.57 bits per heavy atom. The van der Waals surface area contributed by atoms with Gasteiger partial charge in [0.2, 0.25) is 5.91 Å². The lowest BCUT2D eigenvalue weighted by Gasteiger charge is -2.15. The van der Waals surface area contributed by atoms with E-state index in [-0.39, 0.29) is 11.8 Å². The fourth-order valence-electron chi connectivity index (χ4n) is 1.20. The molecule has 80 valence electrons. The Morgan fingerprint density at radius 3 is 2.50 bits per heavy atom. The highest BCUT2D eigenvalue weighted by atomic mass is 32.2. The zero-order valence-electron chi connectivity index (χ0n) is 8.37. The summed E-state index contributed by atoms with van der Waals surface area (Å²) in [4.78, 5) is 22.3. The SMILES string of the molecule is CSCC(C)C(=O)NC1(C(=O)O)CC1. The number of carboxylic acids is 1. The Kier molecular flexibility index (Phi) is 3.42. The van der Waals surface area contributed by atoms with Crippen LogP contribution in [0.1, 0.15) is 19.8 Å². The van der Waals surface area contributed by atoms with E-state index in [2.05, 4.69) is 5.32 Å². The number of rotatable bonds is 5. The van der Waals surface area contributed by atoms with Gasteiger partial charge in [-0.1, -0.05) is 6.92 Å². The molecule has 0 aromatic heterocycles. The molecule has 4 nitrogen and oxygen atoms in total. The Hall–Kier alpha value is -0.710. The molecule has 0 bridgehead atoms. The van der Waals surface area contributed by atoms with Crippen molar-refractivity contribution >= 4 is 23.6 Å². The van der Waals surface area contributed by atoms with Crippen LogP contribution in [0, 0.1) is 5.92 Å². The largest absolute Gasteiger partial charge is 0.480 e. The van der Waals surface area contributed by atoms with Gasteiger partial charge in [-0.05, 0) is 19.1 Å². The molecule has 0 heterocycles. The third-order valence-electron chi connectivity index (χ3n) is 2.39. The molecule has 1 unspecified atom stereocenters. The number of thioether (sulfide) groups is 1. The molecule has 0 aromatic carbocycles. The normalized spacial score (nSPS) is 19.9. The second-order valence-corrected chi connectivity index (χ2v) is 4.64. The minimum Gasteiger partial charge on any atom is -0.480 e. The van der Waals surface area contributed by atoms with Crippen molar-refractivity contribution < 1.29 is 14.7 Å². The molecule has 1 aliphatic rings.